The number of amides is 1. The largest absolute Gasteiger partial charge is 0.481 e. The lowest BCUT2D eigenvalue weighted by atomic mass is 9.74. The summed E-state index contributed by atoms with van der Waals surface area (Å²) in [4.78, 5) is 23.9. The number of aliphatic carboxylic acids is 1. The lowest BCUT2D eigenvalue weighted by Gasteiger charge is -2.39. The van der Waals surface area contributed by atoms with Crippen LogP contribution in [-0.4, -0.2) is 22.5 Å². The van der Waals surface area contributed by atoms with E-state index in [1.165, 1.54) is 19.3 Å². The lowest BCUT2D eigenvalue weighted by Crippen LogP contribution is -2.57. The summed E-state index contributed by atoms with van der Waals surface area (Å²) in [5, 5.41) is 12.4. The minimum Gasteiger partial charge on any atom is -0.481 e. The number of carbonyl (C=O) groups is 2. The second-order valence-corrected chi connectivity index (χ2v) is 8.06. The Morgan fingerprint density at radius 1 is 1.05 bits per heavy atom. The van der Waals surface area contributed by atoms with E-state index in [0.717, 1.165) is 11.8 Å². The molecule has 0 aromatic rings. The Morgan fingerprint density at radius 3 is 2.00 bits per heavy atom. The topological polar surface area (TPSA) is 66.4 Å². The fourth-order valence-corrected chi connectivity index (χ4v) is 4.49. The maximum Gasteiger partial charge on any atom is 0.311 e. The summed E-state index contributed by atoms with van der Waals surface area (Å²) >= 11 is 0. The molecule has 3 fully saturated rings. The van der Waals surface area contributed by atoms with Crippen molar-refractivity contribution < 1.29 is 14.7 Å². The number of carboxylic acids is 1. The van der Waals surface area contributed by atoms with E-state index in [1.54, 1.807) is 13.8 Å². The fraction of sp³-hybridized carbons (Fsp3) is 0.875. The third-order valence-corrected chi connectivity index (χ3v) is 6.57. The quantitative estimate of drug-likeness (QED) is 0.829. The third-order valence-electron chi connectivity index (χ3n) is 6.57. The van der Waals surface area contributed by atoms with Gasteiger partial charge in [-0.1, -0.05) is 0 Å². The molecular formula is C16H25NO3. The van der Waals surface area contributed by atoms with E-state index >= 15 is 0 Å². The monoisotopic (exact) mass is 279 g/mol. The molecule has 3 rings (SSSR count). The van der Waals surface area contributed by atoms with Gasteiger partial charge in [0, 0.05) is 11.5 Å². The van der Waals surface area contributed by atoms with E-state index in [1.807, 2.05) is 13.8 Å². The third kappa shape index (κ3) is 1.73. The second kappa shape index (κ2) is 3.99. The molecule has 0 heterocycles. The van der Waals surface area contributed by atoms with E-state index in [4.69, 9.17) is 0 Å². The number of hydrogen-bond acceptors (Lipinski definition) is 2. The average Bonchev–Trinajstić information content (AvgIpc) is 2.78. The summed E-state index contributed by atoms with van der Waals surface area (Å²) in [6.07, 6.45) is 3.91. The van der Waals surface area contributed by atoms with Gasteiger partial charge in [0.25, 0.3) is 0 Å². The molecule has 20 heavy (non-hydrogen) atoms. The first-order chi connectivity index (χ1) is 9.17. The van der Waals surface area contributed by atoms with Crippen molar-refractivity contribution in [1.82, 2.24) is 5.32 Å². The Bertz CT molecular complexity index is 452. The predicted molar refractivity (Wildman–Crippen MR) is 74.9 cm³/mol. The molecule has 2 bridgehead atoms. The molecule has 1 amide bonds. The molecule has 0 spiro atoms. The molecular weight excluding hydrogens is 254 g/mol. The number of hydrogen-bond donors (Lipinski definition) is 2. The summed E-state index contributed by atoms with van der Waals surface area (Å²) in [5.74, 6) is 2.07. The number of carboxylic acid groups (broad SMARTS) is 1. The molecule has 0 aromatic carbocycles. The summed E-state index contributed by atoms with van der Waals surface area (Å²) in [5.41, 5.74) is -1.72. The van der Waals surface area contributed by atoms with Gasteiger partial charge < -0.3 is 10.4 Å². The Morgan fingerprint density at radius 2 is 1.55 bits per heavy atom. The maximum atomic E-state index is 12.5. The van der Waals surface area contributed by atoms with Gasteiger partial charge in [-0.3, -0.25) is 9.59 Å². The maximum absolute atomic E-state index is 12.5. The number of carbonyl (C=O) groups excluding carboxylic acids is 1. The van der Waals surface area contributed by atoms with E-state index in [-0.39, 0.29) is 11.8 Å². The highest BCUT2D eigenvalue weighted by atomic mass is 16.4. The molecule has 4 nitrogen and oxygen atoms in total. The van der Waals surface area contributed by atoms with Crippen molar-refractivity contribution in [1.29, 1.82) is 0 Å². The molecule has 3 aliphatic carbocycles. The SMILES string of the molecule is CC(C)(NC(=O)C1C2C3CCC(C3)C12)C(C)(C)C(=O)O. The van der Waals surface area contributed by atoms with Crippen LogP contribution in [0, 0.1) is 35.0 Å². The normalized spacial score (nSPS) is 38.5. The van der Waals surface area contributed by atoms with E-state index in [0.29, 0.717) is 11.8 Å². The van der Waals surface area contributed by atoms with Gasteiger partial charge in [0.15, 0.2) is 0 Å². The van der Waals surface area contributed by atoms with Crippen LogP contribution in [0.15, 0.2) is 0 Å². The Balaban J connectivity index is 1.67. The van der Waals surface area contributed by atoms with Crippen LogP contribution >= 0.6 is 0 Å². The first kappa shape index (κ1) is 13.9. The molecule has 3 saturated carbocycles. The fourth-order valence-electron chi connectivity index (χ4n) is 4.49. The minimum atomic E-state index is -0.981. The molecule has 112 valence electrons. The van der Waals surface area contributed by atoms with E-state index in [9.17, 15) is 14.7 Å². The summed E-state index contributed by atoms with van der Waals surface area (Å²) in [6, 6.07) is 0. The van der Waals surface area contributed by atoms with Gasteiger partial charge in [-0.25, -0.2) is 0 Å². The van der Waals surface area contributed by atoms with Crippen LogP contribution in [0.2, 0.25) is 0 Å². The van der Waals surface area contributed by atoms with E-state index < -0.39 is 16.9 Å². The molecule has 4 atom stereocenters. The van der Waals surface area contributed by atoms with Gasteiger partial charge in [-0.05, 0) is 70.6 Å². The Hall–Kier alpha value is -1.06. The predicted octanol–water partition coefficient (Wildman–Crippen LogP) is 2.28. The minimum absolute atomic E-state index is 0.0796. The van der Waals surface area contributed by atoms with Gasteiger partial charge in [-0.15, -0.1) is 0 Å². The Labute approximate surface area is 120 Å². The van der Waals surface area contributed by atoms with Gasteiger partial charge in [0.1, 0.15) is 0 Å². The summed E-state index contributed by atoms with van der Waals surface area (Å²) in [7, 11) is 0. The molecule has 0 radical (unpaired) electrons. The van der Waals surface area contributed by atoms with Crippen molar-refractivity contribution in [2.75, 3.05) is 0 Å². The molecule has 0 aromatic heterocycles. The second-order valence-electron chi connectivity index (χ2n) is 8.06. The van der Waals surface area contributed by atoms with Crippen molar-refractivity contribution >= 4 is 11.9 Å². The van der Waals surface area contributed by atoms with E-state index in [2.05, 4.69) is 5.32 Å². The molecule has 0 saturated heterocycles. The van der Waals surface area contributed by atoms with Crippen molar-refractivity contribution in [3.05, 3.63) is 0 Å². The van der Waals surface area contributed by atoms with Crippen LogP contribution in [0.3, 0.4) is 0 Å². The van der Waals surface area contributed by atoms with Gasteiger partial charge in [0.05, 0.1) is 5.41 Å². The number of fused-ring (bicyclic) bond motifs is 5. The van der Waals surface area contributed by atoms with Crippen molar-refractivity contribution in [2.45, 2.75) is 52.5 Å². The first-order valence-corrected chi connectivity index (χ1v) is 7.72. The molecule has 0 aliphatic heterocycles. The highest BCUT2D eigenvalue weighted by Gasteiger charge is 2.67. The standard InChI is InChI=1S/C16H25NO3/c1-15(2,14(19)20)16(3,4)17-13(18)12-10-8-5-6-9(7-8)11(10)12/h8-12H,5-7H2,1-4H3,(H,17,18)(H,19,20). The summed E-state index contributed by atoms with van der Waals surface area (Å²) in [6.45, 7) is 6.97. The average molecular weight is 279 g/mol. The van der Waals surface area contributed by atoms with Crippen molar-refractivity contribution in [3.63, 3.8) is 0 Å². The zero-order chi connectivity index (χ0) is 14.9. The smallest absolute Gasteiger partial charge is 0.311 e. The van der Waals surface area contributed by atoms with Crippen LogP contribution in [0.5, 0.6) is 0 Å². The highest BCUT2D eigenvalue weighted by molar-refractivity contribution is 5.85. The summed E-state index contributed by atoms with van der Waals surface area (Å²) < 4.78 is 0. The zero-order valence-electron chi connectivity index (χ0n) is 12.8. The molecule has 4 unspecified atom stereocenters. The number of nitrogens with one attached hydrogen (secondary N) is 1. The molecule has 2 N–H and O–H groups in total. The number of rotatable bonds is 4. The first-order valence-electron chi connectivity index (χ1n) is 7.72. The van der Waals surface area contributed by atoms with Gasteiger partial charge in [0.2, 0.25) is 5.91 Å². The van der Waals surface area contributed by atoms with Gasteiger partial charge >= 0.3 is 5.97 Å². The van der Waals surface area contributed by atoms with Crippen LogP contribution in [0.1, 0.15) is 47.0 Å². The van der Waals surface area contributed by atoms with Gasteiger partial charge in [-0.2, -0.15) is 0 Å². The highest BCUT2D eigenvalue weighted by Crippen LogP contribution is 2.69. The van der Waals surface area contributed by atoms with Crippen LogP contribution in [-0.2, 0) is 9.59 Å². The lowest BCUT2D eigenvalue weighted by molar-refractivity contribution is -0.152. The van der Waals surface area contributed by atoms with Crippen molar-refractivity contribution in [3.8, 4) is 0 Å². The van der Waals surface area contributed by atoms with Crippen LogP contribution in [0.25, 0.3) is 0 Å². The van der Waals surface area contributed by atoms with Crippen LogP contribution in [0.4, 0.5) is 0 Å². The Kier molecular flexibility index (Phi) is 2.77. The molecule has 4 heteroatoms. The molecule has 3 aliphatic rings. The van der Waals surface area contributed by atoms with Crippen LogP contribution < -0.4 is 5.32 Å². The van der Waals surface area contributed by atoms with Crippen molar-refractivity contribution in [2.24, 2.45) is 35.0 Å². The zero-order valence-corrected chi connectivity index (χ0v) is 12.8.